The first-order valence-corrected chi connectivity index (χ1v) is 9.29. The Bertz CT molecular complexity index is 1040. The van der Waals surface area contributed by atoms with E-state index < -0.39 is 41.6 Å². The zero-order valence-electron chi connectivity index (χ0n) is 15.7. The van der Waals surface area contributed by atoms with Gasteiger partial charge in [-0.05, 0) is 55.0 Å². The molecule has 1 heterocycles. The van der Waals surface area contributed by atoms with Crippen LogP contribution in [0.2, 0.25) is 0 Å². The van der Waals surface area contributed by atoms with E-state index in [1.54, 1.807) is 6.92 Å². The van der Waals surface area contributed by atoms with Gasteiger partial charge in [-0.2, -0.15) is 0 Å². The van der Waals surface area contributed by atoms with Gasteiger partial charge in [-0.1, -0.05) is 18.2 Å². The number of amides is 4. The molecule has 8 heteroatoms. The van der Waals surface area contributed by atoms with Gasteiger partial charge in [0.15, 0.2) is 0 Å². The summed E-state index contributed by atoms with van der Waals surface area (Å²) in [6.45, 7) is 0.981. The van der Waals surface area contributed by atoms with E-state index in [9.17, 15) is 23.2 Å². The van der Waals surface area contributed by atoms with Gasteiger partial charge >= 0.3 is 6.03 Å². The van der Waals surface area contributed by atoms with Crippen molar-refractivity contribution in [1.29, 1.82) is 0 Å². The van der Waals surface area contributed by atoms with Crippen molar-refractivity contribution in [3.63, 3.8) is 0 Å². The molecule has 29 heavy (non-hydrogen) atoms. The van der Waals surface area contributed by atoms with E-state index in [1.807, 2.05) is 18.2 Å². The average molecular weight is 399 g/mol. The number of rotatable bonds is 4. The molecule has 2 N–H and O–H groups in total. The quantitative estimate of drug-likeness (QED) is 0.776. The lowest BCUT2D eigenvalue weighted by Crippen LogP contribution is -2.42. The van der Waals surface area contributed by atoms with Crippen LogP contribution >= 0.6 is 0 Å². The van der Waals surface area contributed by atoms with Crippen molar-refractivity contribution >= 4 is 23.5 Å². The van der Waals surface area contributed by atoms with Crippen molar-refractivity contribution < 1.29 is 23.2 Å². The Hall–Kier alpha value is -3.29. The lowest BCUT2D eigenvalue weighted by atomic mass is 9.89. The normalized spacial score (nSPS) is 20.6. The number of carbonyl (C=O) groups excluding carboxylic acids is 3. The third-order valence-corrected chi connectivity index (χ3v) is 5.46. The molecule has 0 saturated carbocycles. The van der Waals surface area contributed by atoms with E-state index in [0.29, 0.717) is 5.56 Å². The van der Waals surface area contributed by atoms with Crippen molar-refractivity contribution in [2.24, 2.45) is 0 Å². The number of hydrogen-bond donors (Lipinski definition) is 2. The van der Waals surface area contributed by atoms with Gasteiger partial charge in [0.05, 0.1) is 5.69 Å². The Morgan fingerprint density at radius 2 is 1.90 bits per heavy atom. The first-order chi connectivity index (χ1) is 13.8. The Kier molecular flexibility index (Phi) is 4.56. The molecular weight excluding hydrogens is 380 g/mol. The summed E-state index contributed by atoms with van der Waals surface area (Å²) < 4.78 is 27.0. The summed E-state index contributed by atoms with van der Waals surface area (Å²) in [6, 6.07) is 7.61. The smallest absolute Gasteiger partial charge is 0.322 e. The van der Waals surface area contributed by atoms with Crippen LogP contribution < -0.4 is 10.6 Å². The summed E-state index contributed by atoms with van der Waals surface area (Å²) in [7, 11) is 0. The number of benzene rings is 2. The van der Waals surface area contributed by atoms with Gasteiger partial charge in [-0.15, -0.1) is 0 Å². The van der Waals surface area contributed by atoms with E-state index >= 15 is 0 Å². The molecule has 2 aliphatic rings. The second kappa shape index (κ2) is 6.95. The number of fused-ring (bicyclic) bond motifs is 1. The van der Waals surface area contributed by atoms with Crippen molar-refractivity contribution in [1.82, 2.24) is 10.2 Å². The fraction of sp³-hybridized carbons (Fsp3) is 0.286. The van der Waals surface area contributed by atoms with Crippen LogP contribution in [0.5, 0.6) is 0 Å². The number of aryl methyl sites for hydroxylation is 2. The monoisotopic (exact) mass is 399 g/mol. The van der Waals surface area contributed by atoms with Crippen LogP contribution in [0.1, 0.15) is 30.0 Å². The summed E-state index contributed by atoms with van der Waals surface area (Å²) in [5.41, 5.74) is 1.39. The van der Waals surface area contributed by atoms with E-state index in [1.165, 1.54) is 5.56 Å². The third-order valence-electron chi connectivity index (χ3n) is 5.46. The highest BCUT2D eigenvalue weighted by Crippen LogP contribution is 2.32. The van der Waals surface area contributed by atoms with Crippen LogP contribution in [-0.4, -0.2) is 29.3 Å². The lowest BCUT2D eigenvalue weighted by molar-refractivity contribution is -0.133. The number of imide groups is 1. The van der Waals surface area contributed by atoms with Gasteiger partial charge in [0.2, 0.25) is 5.91 Å². The van der Waals surface area contributed by atoms with Crippen molar-refractivity contribution in [2.45, 2.75) is 31.7 Å². The Balaban J connectivity index is 1.52. The van der Waals surface area contributed by atoms with Crippen molar-refractivity contribution in [2.75, 3.05) is 11.9 Å². The fourth-order valence-corrected chi connectivity index (χ4v) is 3.85. The largest absolute Gasteiger partial charge is 0.325 e. The zero-order chi connectivity index (χ0) is 20.8. The van der Waals surface area contributed by atoms with Gasteiger partial charge < -0.3 is 10.6 Å². The average Bonchev–Trinajstić information content (AvgIpc) is 3.23. The second-order valence-corrected chi connectivity index (χ2v) is 7.46. The minimum Gasteiger partial charge on any atom is -0.322 e. The van der Waals surface area contributed by atoms with Gasteiger partial charge in [0, 0.05) is 6.07 Å². The summed E-state index contributed by atoms with van der Waals surface area (Å²) >= 11 is 0. The van der Waals surface area contributed by atoms with E-state index in [4.69, 9.17) is 0 Å². The van der Waals surface area contributed by atoms with Crippen molar-refractivity contribution in [3.05, 3.63) is 64.7 Å². The molecule has 1 fully saturated rings. The molecule has 1 atom stereocenters. The Morgan fingerprint density at radius 1 is 1.14 bits per heavy atom. The minimum atomic E-state index is -1.29. The molecule has 4 amide bonds. The molecule has 1 aliphatic heterocycles. The van der Waals surface area contributed by atoms with Gasteiger partial charge in [-0.3, -0.25) is 14.5 Å². The summed E-state index contributed by atoms with van der Waals surface area (Å²) in [4.78, 5) is 38.4. The maximum Gasteiger partial charge on any atom is 0.325 e. The van der Waals surface area contributed by atoms with Crippen LogP contribution in [0.15, 0.2) is 36.4 Å². The molecule has 0 spiro atoms. The molecule has 1 saturated heterocycles. The fourth-order valence-electron chi connectivity index (χ4n) is 3.85. The molecule has 0 unspecified atom stereocenters. The Labute approximate surface area is 165 Å². The number of carbonyl (C=O) groups is 3. The number of nitrogens with zero attached hydrogens (tertiary/aromatic N) is 1. The maximum atomic E-state index is 13.7. The van der Waals surface area contributed by atoms with Crippen LogP contribution in [0.3, 0.4) is 0 Å². The number of nitrogens with one attached hydrogen (secondary N) is 2. The molecule has 1 aliphatic carbocycles. The van der Waals surface area contributed by atoms with Gasteiger partial charge in [0.25, 0.3) is 5.91 Å². The van der Waals surface area contributed by atoms with E-state index in [-0.39, 0.29) is 5.69 Å². The number of halogens is 2. The predicted octanol–water partition coefficient (Wildman–Crippen LogP) is 2.86. The summed E-state index contributed by atoms with van der Waals surface area (Å²) in [5.74, 6) is -2.92. The standard InChI is InChI=1S/C21H19F2N3O3/c1-21(14-6-5-12-3-2-4-13(12)9-14)19(28)26(20(29)25-21)11-18(27)24-17-10-15(22)7-8-16(17)23/h5-10H,2-4,11H2,1H3,(H,24,27)(H,25,29)/t21-/m0/s1. The molecule has 2 aromatic carbocycles. The second-order valence-electron chi connectivity index (χ2n) is 7.46. The summed E-state index contributed by atoms with van der Waals surface area (Å²) in [6.07, 6.45) is 2.97. The van der Waals surface area contributed by atoms with Crippen LogP contribution in [0, 0.1) is 11.6 Å². The SMILES string of the molecule is C[C@@]1(c2ccc3c(c2)CCC3)NC(=O)N(CC(=O)Nc2cc(F)ccc2F)C1=O. The van der Waals surface area contributed by atoms with Crippen LogP contribution in [-0.2, 0) is 28.0 Å². The van der Waals surface area contributed by atoms with Crippen molar-refractivity contribution in [3.8, 4) is 0 Å². The number of hydrogen-bond acceptors (Lipinski definition) is 3. The van der Waals surface area contributed by atoms with Crippen LogP contribution in [0.4, 0.5) is 19.3 Å². The first-order valence-electron chi connectivity index (χ1n) is 9.29. The number of anilines is 1. The molecule has 150 valence electrons. The molecule has 4 rings (SSSR count). The Morgan fingerprint density at radius 3 is 2.69 bits per heavy atom. The zero-order valence-corrected chi connectivity index (χ0v) is 15.7. The maximum absolute atomic E-state index is 13.7. The highest BCUT2D eigenvalue weighted by atomic mass is 19.1. The number of urea groups is 1. The highest BCUT2D eigenvalue weighted by Gasteiger charge is 2.49. The third kappa shape index (κ3) is 3.35. The molecule has 0 aromatic heterocycles. The molecule has 0 bridgehead atoms. The molecule has 6 nitrogen and oxygen atoms in total. The molecular formula is C21H19F2N3O3. The first kappa shape index (κ1) is 19.0. The van der Waals surface area contributed by atoms with Gasteiger partial charge in [-0.25, -0.2) is 13.6 Å². The topological polar surface area (TPSA) is 78.5 Å². The highest BCUT2D eigenvalue weighted by molar-refractivity contribution is 6.10. The van der Waals surface area contributed by atoms with E-state index in [2.05, 4.69) is 10.6 Å². The molecule has 2 aromatic rings. The molecule has 0 radical (unpaired) electrons. The predicted molar refractivity (Wildman–Crippen MR) is 101 cm³/mol. The van der Waals surface area contributed by atoms with Crippen LogP contribution in [0.25, 0.3) is 0 Å². The van der Waals surface area contributed by atoms with Gasteiger partial charge in [0.1, 0.15) is 23.7 Å². The minimum absolute atomic E-state index is 0.358. The summed E-state index contributed by atoms with van der Waals surface area (Å²) in [5, 5.41) is 4.84. The van der Waals surface area contributed by atoms with E-state index in [0.717, 1.165) is 47.9 Å². The lowest BCUT2D eigenvalue weighted by Gasteiger charge is -2.23.